The molecule has 3 N–H and O–H groups in total. The number of amides is 4. The summed E-state index contributed by atoms with van der Waals surface area (Å²) in [6.45, 7) is 8.76. The molecule has 1 saturated heterocycles. The topological polar surface area (TPSA) is 192 Å². The third-order valence-corrected chi connectivity index (χ3v) is 14.1. The molecule has 0 radical (unpaired) electrons. The van der Waals surface area contributed by atoms with E-state index in [-0.39, 0.29) is 49.9 Å². The molecule has 15 nitrogen and oxygen atoms in total. The first-order valence-electron chi connectivity index (χ1n) is 20.2. The lowest BCUT2D eigenvalue weighted by Crippen LogP contribution is -2.59. The third-order valence-electron chi connectivity index (χ3n) is 12.0. The Labute approximate surface area is 338 Å². The molecule has 316 valence electrons. The summed E-state index contributed by atoms with van der Waals surface area (Å²) in [5.74, 6) is -1.56. The van der Waals surface area contributed by atoms with E-state index in [1.54, 1.807) is 45.2 Å². The molecule has 0 spiro atoms. The Morgan fingerprint density at radius 2 is 1.86 bits per heavy atom. The lowest BCUT2D eigenvalue weighted by atomic mass is 9.85. The number of fused-ring (bicyclic) bond motifs is 5. The van der Waals surface area contributed by atoms with Crippen LogP contribution in [0, 0.1) is 17.8 Å². The van der Waals surface area contributed by atoms with E-state index < -0.39 is 80.5 Å². The maximum atomic E-state index is 15.0. The van der Waals surface area contributed by atoms with Crippen LogP contribution in [0.3, 0.4) is 0 Å². The fraction of sp³-hybridized carbons (Fsp3) is 0.634. The van der Waals surface area contributed by atoms with Gasteiger partial charge >= 0.3 is 6.09 Å². The van der Waals surface area contributed by atoms with E-state index in [4.69, 9.17) is 18.9 Å². The smallest absolute Gasteiger partial charge is 0.408 e. The van der Waals surface area contributed by atoms with Gasteiger partial charge in [0.25, 0.3) is 5.91 Å². The van der Waals surface area contributed by atoms with Crippen LogP contribution < -0.4 is 29.6 Å². The van der Waals surface area contributed by atoms with E-state index in [2.05, 4.69) is 27.3 Å². The highest BCUT2D eigenvalue weighted by atomic mass is 32.2. The number of sulfonamides is 1. The molecule has 3 aliphatic heterocycles. The van der Waals surface area contributed by atoms with Gasteiger partial charge in [0.1, 0.15) is 54.0 Å². The van der Waals surface area contributed by atoms with Crippen molar-refractivity contribution in [3.8, 4) is 17.4 Å². The Hall–Kier alpha value is -4.67. The van der Waals surface area contributed by atoms with Crippen LogP contribution in [0.15, 0.2) is 36.5 Å². The predicted octanol–water partition coefficient (Wildman–Crippen LogP) is 4.47. The van der Waals surface area contributed by atoms with Gasteiger partial charge < -0.3 is 34.5 Å². The summed E-state index contributed by atoms with van der Waals surface area (Å²) < 4.78 is 64.6. The fourth-order valence-corrected chi connectivity index (χ4v) is 9.82. The van der Waals surface area contributed by atoms with Crippen molar-refractivity contribution in [3.05, 3.63) is 36.5 Å². The number of rotatable bonds is 8. The maximum Gasteiger partial charge on any atom is 0.408 e. The minimum Gasteiger partial charge on any atom is -0.486 e. The molecular weight excluding hydrogens is 774 g/mol. The molecule has 7 rings (SSSR count). The molecule has 58 heavy (non-hydrogen) atoms. The lowest BCUT2D eigenvalue weighted by Gasteiger charge is -2.34. The molecule has 17 heteroatoms. The van der Waals surface area contributed by atoms with E-state index in [1.807, 2.05) is 19.1 Å². The van der Waals surface area contributed by atoms with Gasteiger partial charge in [0.15, 0.2) is 11.5 Å². The zero-order valence-corrected chi connectivity index (χ0v) is 34.5. The Bertz CT molecular complexity index is 2090. The monoisotopic (exact) mass is 827 g/mol. The van der Waals surface area contributed by atoms with Gasteiger partial charge in [-0.15, -0.1) is 0 Å². The second-order valence-electron chi connectivity index (χ2n) is 17.4. The molecule has 0 unspecified atom stereocenters. The molecule has 1 aromatic carbocycles. The van der Waals surface area contributed by atoms with Crippen LogP contribution in [-0.4, -0.2) is 103 Å². The number of hydrogen-bond acceptors (Lipinski definition) is 11. The number of benzene rings is 1. The molecule has 1 aromatic heterocycles. The number of allylic oxidation sites excluding steroid dienone is 1. The molecule has 2 saturated carbocycles. The molecule has 3 fully saturated rings. The minimum atomic E-state index is -4.39. The molecule has 7 atom stereocenters. The summed E-state index contributed by atoms with van der Waals surface area (Å²) in [6, 6.07) is 3.07. The quantitative estimate of drug-likeness (QED) is 0.318. The zero-order valence-electron chi connectivity index (χ0n) is 33.7. The molecule has 4 amide bonds. The summed E-state index contributed by atoms with van der Waals surface area (Å²) in [5.41, 5.74) is -2.51. The highest BCUT2D eigenvalue weighted by molar-refractivity contribution is 7.91. The van der Waals surface area contributed by atoms with Crippen LogP contribution >= 0.6 is 0 Å². The second-order valence-corrected chi connectivity index (χ2v) is 19.5. The van der Waals surface area contributed by atoms with Crippen molar-refractivity contribution < 1.29 is 50.9 Å². The lowest BCUT2D eigenvalue weighted by molar-refractivity contribution is -0.142. The van der Waals surface area contributed by atoms with Gasteiger partial charge in [-0.1, -0.05) is 32.4 Å². The van der Waals surface area contributed by atoms with Crippen LogP contribution in [0.2, 0.25) is 0 Å². The fourth-order valence-electron chi connectivity index (χ4n) is 8.39. The number of halogens is 1. The Morgan fingerprint density at radius 3 is 2.57 bits per heavy atom. The van der Waals surface area contributed by atoms with Gasteiger partial charge in [-0.2, -0.15) is 0 Å². The second kappa shape index (κ2) is 15.8. The summed E-state index contributed by atoms with van der Waals surface area (Å²) in [7, 11) is -4.39. The largest absolute Gasteiger partial charge is 0.486 e. The maximum absolute atomic E-state index is 15.0. The van der Waals surface area contributed by atoms with Gasteiger partial charge in [-0.25, -0.2) is 22.6 Å². The molecule has 2 aliphatic carbocycles. The molecule has 5 aliphatic rings. The SMILES string of the molecule is CC[C@@H]1C[C@H](C)CC/C=C\[C@@H]2C[C@@]2(C(=O)NS(=O)(=O)C2(CF)CC2)NC(=O)[C@@H]2C[C@@H](Oc3nccc4c5c(ccc34)OCCO5)CN2C(=O)[C@H]1NC(=O)OC(C)(C)C. The standard InChI is InChI=1S/C41H54FN5O10S/c1-6-25-19-24(2)9-7-8-10-26-21-41(26,37(50)46-58(52,53)40(23-42)14-15-40)45-34(48)30-20-27(22-47(30)36(49)32(25)44-38(51)57-39(3,4)5)56-35-29-11-12-31-33(55-18-17-54-31)28(29)13-16-43-35/h8,10-13,16,24-27,30,32H,6-7,9,14-15,17-23H2,1-5H3,(H,44,51)(H,45,48)(H,46,50)/b10-8-/t24-,25-,26-,27-,30+,32+,41-/m1/s1. The van der Waals surface area contributed by atoms with Crippen molar-refractivity contribution in [2.75, 3.05) is 26.4 Å². The normalized spacial score (nSPS) is 30.1. The predicted molar refractivity (Wildman–Crippen MR) is 210 cm³/mol. The number of pyridine rings is 1. The van der Waals surface area contributed by atoms with Crippen LogP contribution in [-0.2, 0) is 29.1 Å². The Balaban J connectivity index is 1.24. The number of nitrogens with zero attached hydrogens (tertiary/aromatic N) is 2. The van der Waals surface area contributed by atoms with E-state index in [1.165, 1.54) is 4.90 Å². The van der Waals surface area contributed by atoms with E-state index in [9.17, 15) is 32.0 Å². The van der Waals surface area contributed by atoms with Crippen LogP contribution in [0.1, 0.15) is 86.0 Å². The third kappa shape index (κ3) is 8.28. The number of hydrogen-bond donors (Lipinski definition) is 3. The minimum absolute atomic E-state index is 0.0198. The van der Waals surface area contributed by atoms with Crippen molar-refractivity contribution in [1.29, 1.82) is 0 Å². The molecular formula is C41H54FN5O10S. The summed E-state index contributed by atoms with van der Waals surface area (Å²) in [6.07, 6.45) is 6.47. The van der Waals surface area contributed by atoms with Gasteiger partial charge in [0.05, 0.1) is 6.54 Å². The first-order valence-corrected chi connectivity index (χ1v) is 21.7. The van der Waals surface area contributed by atoms with E-state index in [0.29, 0.717) is 54.7 Å². The number of alkyl carbamates (subject to hydrolysis) is 1. The summed E-state index contributed by atoms with van der Waals surface area (Å²) >= 11 is 0. The van der Waals surface area contributed by atoms with Crippen molar-refractivity contribution in [2.24, 2.45) is 17.8 Å². The van der Waals surface area contributed by atoms with Crippen LogP contribution in [0.5, 0.6) is 17.4 Å². The van der Waals surface area contributed by atoms with Gasteiger partial charge in [0.2, 0.25) is 27.7 Å². The van der Waals surface area contributed by atoms with E-state index >= 15 is 0 Å². The van der Waals surface area contributed by atoms with Crippen molar-refractivity contribution in [1.82, 2.24) is 25.2 Å². The van der Waals surface area contributed by atoms with Crippen molar-refractivity contribution in [2.45, 2.75) is 120 Å². The summed E-state index contributed by atoms with van der Waals surface area (Å²) in [4.78, 5) is 62.8. The van der Waals surface area contributed by atoms with Gasteiger partial charge in [0, 0.05) is 29.3 Å². The van der Waals surface area contributed by atoms with Crippen LogP contribution in [0.4, 0.5) is 9.18 Å². The van der Waals surface area contributed by atoms with Gasteiger partial charge in [-0.3, -0.25) is 19.1 Å². The average Bonchev–Trinajstić information content (AvgIpc) is 4.08. The molecule has 2 aromatic rings. The zero-order chi connectivity index (χ0) is 41.6. The average molecular weight is 828 g/mol. The van der Waals surface area contributed by atoms with Crippen molar-refractivity contribution in [3.63, 3.8) is 0 Å². The number of ether oxygens (including phenoxy) is 4. The first-order chi connectivity index (χ1) is 27.5. The number of alkyl halides is 1. The highest BCUT2D eigenvalue weighted by Crippen LogP contribution is 2.48. The number of aromatic nitrogens is 1. The van der Waals surface area contributed by atoms with Crippen molar-refractivity contribution >= 4 is 44.6 Å². The number of carbonyl (C=O) groups excluding carboxylic acids is 4. The highest BCUT2D eigenvalue weighted by Gasteiger charge is 2.64. The first kappa shape index (κ1) is 41.5. The van der Waals surface area contributed by atoms with Crippen LogP contribution in [0.25, 0.3) is 10.8 Å². The number of nitrogens with one attached hydrogen (secondary N) is 3. The summed E-state index contributed by atoms with van der Waals surface area (Å²) in [5, 5.41) is 7.02. The number of carbonyl (C=O) groups is 4. The molecule has 0 bridgehead atoms. The Kier molecular flexibility index (Phi) is 11.3. The van der Waals surface area contributed by atoms with E-state index in [0.717, 1.165) is 6.42 Å². The Morgan fingerprint density at radius 1 is 1.10 bits per heavy atom. The van der Waals surface area contributed by atoms with Gasteiger partial charge in [-0.05, 0) is 89.3 Å². The molecule has 4 heterocycles.